The van der Waals surface area contributed by atoms with E-state index in [-0.39, 0.29) is 11.8 Å². The minimum atomic E-state index is -0.546. The van der Waals surface area contributed by atoms with Crippen molar-refractivity contribution >= 4 is 17.5 Å². The van der Waals surface area contributed by atoms with Crippen LogP contribution in [-0.4, -0.2) is 36.3 Å². The number of anilines is 1. The van der Waals surface area contributed by atoms with Crippen LogP contribution in [0.4, 0.5) is 5.69 Å². The highest BCUT2D eigenvalue weighted by molar-refractivity contribution is 5.97. The maximum absolute atomic E-state index is 12.0. The summed E-state index contributed by atoms with van der Waals surface area (Å²) in [5.74, 6) is -0.378. The summed E-state index contributed by atoms with van der Waals surface area (Å²) in [6, 6.07) is 4.51. The number of benzene rings is 1. The van der Waals surface area contributed by atoms with Gasteiger partial charge in [0, 0.05) is 24.8 Å². The number of rotatable bonds is 4. The lowest BCUT2D eigenvalue weighted by molar-refractivity contribution is -0.131. The first-order valence-electron chi connectivity index (χ1n) is 6.28. The van der Waals surface area contributed by atoms with Crippen LogP contribution in [-0.2, 0) is 4.79 Å². The number of nitrogens with one attached hydrogen (secondary N) is 1. The molecule has 1 aromatic carbocycles. The standard InChI is InChI=1S/C14H21N3O2/c1-5-17(4)14(19)10(3)16-13(18)11-6-7-12(15)9(2)8-11/h6-8,10H,5,15H2,1-4H3,(H,16,18). The molecule has 0 aliphatic rings. The van der Waals surface area contributed by atoms with Crippen LogP contribution in [0.3, 0.4) is 0 Å². The Labute approximate surface area is 113 Å². The Balaban J connectivity index is 2.74. The molecule has 0 fully saturated rings. The number of nitrogen functional groups attached to an aromatic ring is 1. The highest BCUT2D eigenvalue weighted by atomic mass is 16.2. The van der Waals surface area contributed by atoms with Crippen molar-refractivity contribution in [3.8, 4) is 0 Å². The van der Waals surface area contributed by atoms with E-state index in [1.807, 2.05) is 13.8 Å². The van der Waals surface area contributed by atoms with E-state index in [0.717, 1.165) is 5.56 Å². The largest absolute Gasteiger partial charge is 0.399 e. The van der Waals surface area contributed by atoms with Gasteiger partial charge in [0.1, 0.15) is 6.04 Å². The van der Waals surface area contributed by atoms with Gasteiger partial charge in [-0.25, -0.2) is 0 Å². The van der Waals surface area contributed by atoms with E-state index in [1.165, 1.54) is 0 Å². The Morgan fingerprint density at radius 1 is 1.42 bits per heavy atom. The van der Waals surface area contributed by atoms with Crippen LogP contribution in [0.1, 0.15) is 29.8 Å². The number of nitrogens with zero attached hydrogens (tertiary/aromatic N) is 1. The van der Waals surface area contributed by atoms with Gasteiger partial charge in [0.2, 0.25) is 5.91 Å². The van der Waals surface area contributed by atoms with Gasteiger partial charge in [-0.1, -0.05) is 0 Å². The maximum Gasteiger partial charge on any atom is 0.251 e. The highest BCUT2D eigenvalue weighted by Gasteiger charge is 2.19. The van der Waals surface area contributed by atoms with E-state index in [1.54, 1.807) is 37.1 Å². The van der Waals surface area contributed by atoms with Crippen molar-refractivity contribution < 1.29 is 9.59 Å². The summed E-state index contributed by atoms with van der Waals surface area (Å²) < 4.78 is 0. The molecule has 2 amide bonds. The lowest BCUT2D eigenvalue weighted by atomic mass is 10.1. The number of carbonyl (C=O) groups is 2. The van der Waals surface area contributed by atoms with Crippen LogP contribution < -0.4 is 11.1 Å². The van der Waals surface area contributed by atoms with Crippen molar-refractivity contribution in [2.24, 2.45) is 0 Å². The average Bonchev–Trinajstić information content (AvgIpc) is 2.39. The van der Waals surface area contributed by atoms with Crippen molar-refractivity contribution in [3.63, 3.8) is 0 Å². The topological polar surface area (TPSA) is 75.4 Å². The quantitative estimate of drug-likeness (QED) is 0.801. The zero-order valence-electron chi connectivity index (χ0n) is 11.9. The zero-order chi connectivity index (χ0) is 14.6. The average molecular weight is 263 g/mol. The molecule has 1 rings (SSSR count). The van der Waals surface area contributed by atoms with Crippen LogP contribution in [0.25, 0.3) is 0 Å². The summed E-state index contributed by atoms with van der Waals surface area (Å²) in [5, 5.41) is 2.69. The van der Waals surface area contributed by atoms with Gasteiger partial charge in [0.05, 0.1) is 0 Å². The number of amides is 2. The molecule has 1 atom stereocenters. The summed E-state index contributed by atoms with van der Waals surface area (Å²) in [5.41, 5.74) is 7.70. The lowest BCUT2D eigenvalue weighted by Crippen LogP contribution is -2.45. The Hall–Kier alpha value is -2.04. The molecule has 0 aliphatic heterocycles. The van der Waals surface area contributed by atoms with Crippen molar-refractivity contribution in [1.82, 2.24) is 10.2 Å². The summed E-state index contributed by atoms with van der Waals surface area (Å²) >= 11 is 0. The van der Waals surface area contributed by atoms with Crippen molar-refractivity contribution in [2.45, 2.75) is 26.8 Å². The second kappa shape index (κ2) is 6.22. The zero-order valence-corrected chi connectivity index (χ0v) is 11.9. The van der Waals surface area contributed by atoms with E-state index in [9.17, 15) is 9.59 Å². The molecule has 0 radical (unpaired) electrons. The van der Waals surface area contributed by atoms with Gasteiger partial charge in [-0.15, -0.1) is 0 Å². The Kier molecular flexibility index (Phi) is 4.92. The lowest BCUT2D eigenvalue weighted by Gasteiger charge is -2.20. The predicted molar refractivity (Wildman–Crippen MR) is 75.8 cm³/mol. The minimum absolute atomic E-state index is 0.108. The van der Waals surface area contributed by atoms with Gasteiger partial charge in [-0.2, -0.15) is 0 Å². The van der Waals surface area contributed by atoms with Gasteiger partial charge in [-0.3, -0.25) is 9.59 Å². The molecule has 5 heteroatoms. The molecule has 0 saturated carbocycles. The van der Waals surface area contributed by atoms with Crippen molar-refractivity contribution in [2.75, 3.05) is 19.3 Å². The molecule has 1 unspecified atom stereocenters. The molecule has 0 heterocycles. The van der Waals surface area contributed by atoms with E-state index >= 15 is 0 Å². The van der Waals surface area contributed by atoms with Crippen molar-refractivity contribution in [1.29, 1.82) is 0 Å². The highest BCUT2D eigenvalue weighted by Crippen LogP contribution is 2.12. The third kappa shape index (κ3) is 3.71. The number of likely N-dealkylation sites (N-methyl/N-ethyl adjacent to an activating group) is 1. The number of aryl methyl sites for hydroxylation is 1. The minimum Gasteiger partial charge on any atom is -0.399 e. The van der Waals surface area contributed by atoms with E-state index in [2.05, 4.69) is 5.32 Å². The molecule has 0 aromatic heterocycles. The predicted octanol–water partition coefficient (Wildman–Crippen LogP) is 1.17. The van der Waals surface area contributed by atoms with E-state index in [4.69, 9.17) is 5.73 Å². The molecule has 0 bridgehead atoms. The normalized spacial score (nSPS) is 11.8. The molecule has 5 nitrogen and oxygen atoms in total. The van der Waals surface area contributed by atoms with Crippen LogP contribution >= 0.6 is 0 Å². The summed E-state index contributed by atoms with van der Waals surface area (Å²) in [6.45, 7) is 6.01. The van der Waals surface area contributed by atoms with Gasteiger partial charge in [-0.05, 0) is 44.5 Å². The molecule has 19 heavy (non-hydrogen) atoms. The van der Waals surface area contributed by atoms with Gasteiger partial charge >= 0.3 is 0 Å². The van der Waals surface area contributed by atoms with Crippen LogP contribution in [0.15, 0.2) is 18.2 Å². The fourth-order valence-corrected chi connectivity index (χ4v) is 1.65. The first-order chi connectivity index (χ1) is 8.86. The Bertz CT molecular complexity index is 486. The summed E-state index contributed by atoms with van der Waals surface area (Å²) in [6.07, 6.45) is 0. The van der Waals surface area contributed by atoms with Crippen LogP contribution in [0.2, 0.25) is 0 Å². The number of hydrogen-bond acceptors (Lipinski definition) is 3. The third-order valence-electron chi connectivity index (χ3n) is 3.10. The molecule has 0 spiro atoms. The third-order valence-corrected chi connectivity index (χ3v) is 3.10. The van der Waals surface area contributed by atoms with E-state index in [0.29, 0.717) is 17.8 Å². The van der Waals surface area contributed by atoms with Gasteiger partial charge < -0.3 is 16.0 Å². The second-order valence-electron chi connectivity index (χ2n) is 4.62. The first-order valence-corrected chi connectivity index (χ1v) is 6.28. The number of hydrogen-bond donors (Lipinski definition) is 2. The van der Waals surface area contributed by atoms with Gasteiger partial charge in [0.25, 0.3) is 5.91 Å². The van der Waals surface area contributed by atoms with Crippen LogP contribution in [0, 0.1) is 6.92 Å². The van der Waals surface area contributed by atoms with Gasteiger partial charge in [0.15, 0.2) is 0 Å². The molecule has 1 aromatic rings. The fraction of sp³-hybridized carbons (Fsp3) is 0.429. The first kappa shape index (κ1) is 15.0. The van der Waals surface area contributed by atoms with E-state index < -0.39 is 6.04 Å². The molecular weight excluding hydrogens is 242 g/mol. The monoisotopic (exact) mass is 263 g/mol. The molecule has 104 valence electrons. The van der Waals surface area contributed by atoms with Crippen molar-refractivity contribution in [3.05, 3.63) is 29.3 Å². The Morgan fingerprint density at radius 2 is 2.05 bits per heavy atom. The maximum atomic E-state index is 12.0. The molecule has 0 aliphatic carbocycles. The van der Waals surface area contributed by atoms with Crippen LogP contribution in [0.5, 0.6) is 0 Å². The summed E-state index contributed by atoms with van der Waals surface area (Å²) in [7, 11) is 1.71. The summed E-state index contributed by atoms with van der Waals surface area (Å²) in [4.78, 5) is 25.4. The fourth-order valence-electron chi connectivity index (χ4n) is 1.65. The molecule has 3 N–H and O–H groups in total. The second-order valence-corrected chi connectivity index (χ2v) is 4.62. The Morgan fingerprint density at radius 3 is 2.58 bits per heavy atom. The number of carbonyl (C=O) groups excluding carboxylic acids is 2. The smallest absolute Gasteiger partial charge is 0.251 e. The molecular formula is C14H21N3O2. The SMILES string of the molecule is CCN(C)C(=O)C(C)NC(=O)c1ccc(N)c(C)c1. The molecule has 0 saturated heterocycles. The number of nitrogens with two attached hydrogens (primary N) is 1.